The van der Waals surface area contributed by atoms with Crippen molar-refractivity contribution in [2.75, 3.05) is 19.7 Å². The van der Waals surface area contributed by atoms with Crippen molar-refractivity contribution in [1.82, 2.24) is 9.47 Å². The fraction of sp³-hybridized carbons (Fsp3) is 0.500. The lowest BCUT2D eigenvalue weighted by molar-refractivity contribution is 0.0798. The zero-order valence-corrected chi connectivity index (χ0v) is 15.9. The number of likely N-dealkylation sites (tertiary alicyclic amines) is 1. The summed E-state index contributed by atoms with van der Waals surface area (Å²) < 4.78 is 2.23. The Hall–Kier alpha value is -1.91. The monoisotopic (exact) mass is 354 g/mol. The van der Waals surface area contributed by atoms with E-state index < -0.39 is 0 Å². The van der Waals surface area contributed by atoms with Crippen LogP contribution in [0.2, 0.25) is 0 Å². The number of ketones is 1. The van der Waals surface area contributed by atoms with Gasteiger partial charge in [-0.15, -0.1) is 0 Å². The van der Waals surface area contributed by atoms with Gasteiger partial charge >= 0.3 is 0 Å². The van der Waals surface area contributed by atoms with Gasteiger partial charge in [0, 0.05) is 36.1 Å². The Morgan fingerprint density at radius 2 is 1.96 bits per heavy atom. The highest BCUT2D eigenvalue weighted by Gasteiger charge is 2.25. The molecular formula is C22H30N2O2. The van der Waals surface area contributed by atoms with Crippen LogP contribution in [-0.4, -0.2) is 46.1 Å². The number of hydrogen-bond acceptors (Lipinski definition) is 3. The molecule has 0 spiro atoms. The Labute approximate surface area is 156 Å². The maximum atomic E-state index is 13.0. The minimum atomic E-state index is 0.195. The second-order valence-corrected chi connectivity index (χ2v) is 7.41. The largest absolute Gasteiger partial charge is 0.396 e. The standard InChI is InChI=1S/C22H30N2O2/c1-17-14-21(18(2)24(17)15-19-8-4-3-5-9-19)22(26)16-23-12-7-6-10-20(23)11-13-25/h3-5,8-9,14,20,25H,6-7,10-13,15-16H2,1-2H3. The Kier molecular flexibility index (Phi) is 6.28. The molecule has 1 aliphatic heterocycles. The summed E-state index contributed by atoms with van der Waals surface area (Å²) in [6.07, 6.45) is 4.18. The lowest BCUT2D eigenvalue weighted by Gasteiger charge is -2.34. The van der Waals surface area contributed by atoms with E-state index in [4.69, 9.17) is 0 Å². The van der Waals surface area contributed by atoms with Crippen molar-refractivity contribution < 1.29 is 9.90 Å². The molecule has 3 rings (SSSR count). The topological polar surface area (TPSA) is 45.5 Å². The Balaban J connectivity index is 1.74. The zero-order valence-electron chi connectivity index (χ0n) is 15.9. The third-order valence-corrected chi connectivity index (χ3v) is 5.62. The molecule has 4 nitrogen and oxygen atoms in total. The first-order valence-corrected chi connectivity index (χ1v) is 9.69. The van der Waals surface area contributed by atoms with Gasteiger partial charge in [0.05, 0.1) is 6.54 Å². The highest BCUT2D eigenvalue weighted by atomic mass is 16.3. The molecule has 26 heavy (non-hydrogen) atoms. The quantitative estimate of drug-likeness (QED) is 0.773. The number of rotatable bonds is 7. The van der Waals surface area contributed by atoms with Crippen molar-refractivity contribution >= 4 is 5.78 Å². The minimum Gasteiger partial charge on any atom is -0.396 e. The third kappa shape index (κ3) is 4.25. The van der Waals surface area contributed by atoms with Gasteiger partial charge in [-0.05, 0) is 51.3 Å². The van der Waals surface area contributed by atoms with Gasteiger partial charge in [-0.2, -0.15) is 0 Å². The molecule has 2 heterocycles. The number of Topliss-reactive ketones (excluding diaryl/α,β-unsaturated/α-hetero) is 1. The average Bonchev–Trinajstić information content (AvgIpc) is 2.93. The molecule has 1 saturated heterocycles. The number of hydrogen-bond donors (Lipinski definition) is 1. The van der Waals surface area contributed by atoms with E-state index in [-0.39, 0.29) is 12.4 Å². The molecule has 2 aromatic rings. The van der Waals surface area contributed by atoms with Crippen LogP contribution in [0.25, 0.3) is 0 Å². The molecule has 1 unspecified atom stereocenters. The van der Waals surface area contributed by atoms with Crippen molar-refractivity contribution in [1.29, 1.82) is 0 Å². The SMILES string of the molecule is Cc1cc(C(=O)CN2CCCCC2CCO)c(C)n1Cc1ccccc1. The first-order valence-electron chi connectivity index (χ1n) is 9.69. The Morgan fingerprint density at radius 1 is 1.19 bits per heavy atom. The van der Waals surface area contributed by atoms with E-state index in [2.05, 4.69) is 28.5 Å². The van der Waals surface area contributed by atoms with Crippen LogP contribution in [0.15, 0.2) is 36.4 Å². The van der Waals surface area contributed by atoms with Gasteiger partial charge in [-0.1, -0.05) is 36.8 Å². The normalized spacial score (nSPS) is 18.2. The van der Waals surface area contributed by atoms with E-state index in [1.54, 1.807) is 0 Å². The molecule has 0 saturated carbocycles. The van der Waals surface area contributed by atoms with E-state index in [1.807, 2.05) is 31.2 Å². The van der Waals surface area contributed by atoms with Crippen molar-refractivity contribution in [3.05, 3.63) is 58.9 Å². The van der Waals surface area contributed by atoms with Crippen LogP contribution < -0.4 is 0 Å². The number of aromatic nitrogens is 1. The number of benzene rings is 1. The van der Waals surface area contributed by atoms with Crippen LogP contribution in [-0.2, 0) is 6.54 Å². The number of aliphatic hydroxyl groups is 1. The third-order valence-electron chi connectivity index (χ3n) is 5.62. The molecule has 1 fully saturated rings. The number of nitrogens with zero attached hydrogens (tertiary/aromatic N) is 2. The zero-order chi connectivity index (χ0) is 18.5. The summed E-state index contributed by atoms with van der Waals surface area (Å²) >= 11 is 0. The van der Waals surface area contributed by atoms with Crippen molar-refractivity contribution in [2.24, 2.45) is 0 Å². The second kappa shape index (κ2) is 8.65. The molecule has 4 heteroatoms. The molecular weight excluding hydrogens is 324 g/mol. The minimum absolute atomic E-state index is 0.195. The molecule has 0 radical (unpaired) electrons. The predicted molar refractivity (Wildman–Crippen MR) is 105 cm³/mol. The van der Waals surface area contributed by atoms with Crippen LogP contribution in [0, 0.1) is 13.8 Å². The molecule has 1 aromatic carbocycles. The van der Waals surface area contributed by atoms with Gasteiger partial charge in [0.25, 0.3) is 0 Å². The van der Waals surface area contributed by atoms with Crippen molar-refractivity contribution in [3.8, 4) is 0 Å². The van der Waals surface area contributed by atoms with Crippen LogP contribution in [0.4, 0.5) is 0 Å². The summed E-state index contributed by atoms with van der Waals surface area (Å²) in [5, 5.41) is 9.30. The van der Waals surface area contributed by atoms with Gasteiger partial charge in [-0.25, -0.2) is 0 Å². The van der Waals surface area contributed by atoms with E-state index >= 15 is 0 Å². The van der Waals surface area contributed by atoms with Crippen LogP contribution in [0.1, 0.15) is 53.0 Å². The Morgan fingerprint density at radius 3 is 2.69 bits per heavy atom. The van der Waals surface area contributed by atoms with Gasteiger partial charge in [0.1, 0.15) is 0 Å². The highest BCUT2D eigenvalue weighted by Crippen LogP contribution is 2.22. The molecule has 0 bridgehead atoms. The summed E-state index contributed by atoms with van der Waals surface area (Å²) in [6.45, 7) is 6.52. The summed E-state index contributed by atoms with van der Waals surface area (Å²) in [6, 6.07) is 12.7. The van der Waals surface area contributed by atoms with Gasteiger partial charge in [-0.3, -0.25) is 9.69 Å². The number of aliphatic hydroxyl groups excluding tert-OH is 1. The van der Waals surface area contributed by atoms with Crippen LogP contribution in [0.3, 0.4) is 0 Å². The van der Waals surface area contributed by atoms with Gasteiger partial charge < -0.3 is 9.67 Å². The first-order chi connectivity index (χ1) is 12.6. The van der Waals surface area contributed by atoms with E-state index in [9.17, 15) is 9.90 Å². The average molecular weight is 354 g/mol. The summed E-state index contributed by atoms with van der Waals surface area (Å²) in [5.41, 5.74) is 4.26. The molecule has 1 atom stereocenters. The highest BCUT2D eigenvalue weighted by molar-refractivity contribution is 5.99. The lowest BCUT2D eigenvalue weighted by Crippen LogP contribution is -2.43. The smallest absolute Gasteiger partial charge is 0.178 e. The molecule has 1 N–H and O–H groups in total. The van der Waals surface area contributed by atoms with Gasteiger partial charge in [0.2, 0.25) is 0 Å². The summed E-state index contributed by atoms with van der Waals surface area (Å²) in [7, 11) is 0. The molecule has 140 valence electrons. The number of carbonyl (C=O) groups excluding carboxylic acids is 1. The van der Waals surface area contributed by atoms with Crippen LogP contribution in [0.5, 0.6) is 0 Å². The maximum absolute atomic E-state index is 13.0. The molecule has 0 aliphatic carbocycles. The maximum Gasteiger partial charge on any atom is 0.178 e. The number of piperidine rings is 1. The summed E-state index contributed by atoms with van der Waals surface area (Å²) in [5.74, 6) is 0.197. The van der Waals surface area contributed by atoms with Crippen molar-refractivity contribution in [2.45, 2.75) is 52.1 Å². The second-order valence-electron chi connectivity index (χ2n) is 7.41. The van der Waals surface area contributed by atoms with E-state index in [1.165, 1.54) is 12.0 Å². The van der Waals surface area contributed by atoms with Gasteiger partial charge in [0.15, 0.2) is 5.78 Å². The lowest BCUT2D eigenvalue weighted by atomic mass is 9.98. The fourth-order valence-electron chi connectivity index (χ4n) is 4.11. The predicted octanol–water partition coefficient (Wildman–Crippen LogP) is 3.57. The number of carbonyl (C=O) groups is 1. The van der Waals surface area contributed by atoms with Crippen LogP contribution >= 0.6 is 0 Å². The molecule has 0 amide bonds. The molecule has 1 aliphatic rings. The summed E-state index contributed by atoms with van der Waals surface area (Å²) in [4.78, 5) is 15.3. The first kappa shape index (κ1) is 18.9. The van der Waals surface area contributed by atoms with E-state index in [0.29, 0.717) is 12.6 Å². The Bertz CT molecular complexity index is 734. The number of aryl methyl sites for hydroxylation is 1. The van der Waals surface area contributed by atoms with Crippen molar-refractivity contribution in [3.63, 3.8) is 0 Å². The van der Waals surface area contributed by atoms with E-state index in [0.717, 1.165) is 49.3 Å². The molecule has 1 aromatic heterocycles. The fourth-order valence-corrected chi connectivity index (χ4v) is 4.11.